The van der Waals surface area contributed by atoms with E-state index in [-0.39, 0.29) is 12.2 Å². The van der Waals surface area contributed by atoms with Crippen molar-refractivity contribution >= 4 is 5.97 Å². The minimum absolute atomic E-state index is 0.223. The Balaban J connectivity index is 3.18. The molecule has 0 radical (unpaired) electrons. The maximum absolute atomic E-state index is 10.4. The number of hydrogen-bond donors (Lipinski definition) is 3. The summed E-state index contributed by atoms with van der Waals surface area (Å²) in [6.45, 7) is 2.18. The van der Waals surface area contributed by atoms with Gasteiger partial charge in [0.15, 0.2) is 0 Å². The standard InChI is InChI=1S/C29H58O4/c1-2-3-19-22-27(30)25-26-28(31)23-20-17-15-13-11-9-7-5-4-6-8-10-12-14-16-18-21-24-29(32)33/h27-28,30-31H,2-26H2,1H3,(H,32,33). The van der Waals surface area contributed by atoms with Gasteiger partial charge in [-0.2, -0.15) is 0 Å². The van der Waals surface area contributed by atoms with Crippen LogP contribution in [0.2, 0.25) is 0 Å². The fourth-order valence-corrected chi connectivity index (χ4v) is 4.61. The largest absolute Gasteiger partial charge is 0.481 e. The van der Waals surface area contributed by atoms with E-state index < -0.39 is 5.97 Å². The van der Waals surface area contributed by atoms with Gasteiger partial charge < -0.3 is 15.3 Å². The Hall–Kier alpha value is -0.610. The van der Waals surface area contributed by atoms with E-state index in [4.69, 9.17) is 5.11 Å². The predicted octanol–water partition coefficient (Wildman–Crippen LogP) is 8.57. The Morgan fingerprint density at radius 2 is 0.788 bits per heavy atom. The normalized spacial score (nSPS) is 13.3. The molecule has 0 fully saturated rings. The molecule has 198 valence electrons. The zero-order chi connectivity index (χ0) is 24.4. The van der Waals surface area contributed by atoms with Gasteiger partial charge in [0.2, 0.25) is 0 Å². The lowest BCUT2D eigenvalue weighted by Crippen LogP contribution is -2.13. The van der Waals surface area contributed by atoms with E-state index >= 15 is 0 Å². The lowest BCUT2D eigenvalue weighted by molar-refractivity contribution is -0.137. The monoisotopic (exact) mass is 470 g/mol. The molecular formula is C29H58O4. The van der Waals surface area contributed by atoms with Gasteiger partial charge in [0.25, 0.3) is 0 Å². The van der Waals surface area contributed by atoms with Crippen molar-refractivity contribution in [2.45, 2.75) is 180 Å². The Morgan fingerprint density at radius 1 is 0.485 bits per heavy atom. The van der Waals surface area contributed by atoms with Crippen LogP contribution >= 0.6 is 0 Å². The highest BCUT2D eigenvalue weighted by atomic mass is 16.4. The van der Waals surface area contributed by atoms with Gasteiger partial charge in [-0.15, -0.1) is 0 Å². The molecule has 0 bridgehead atoms. The summed E-state index contributed by atoms with van der Waals surface area (Å²) in [6.07, 6.45) is 28.2. The molecule has 0 aromatic heterocycles. The van der Waals surface area contributed by atoms with Crippen LogP contribution in [-0.4, -0.2) is 33.5 Å². The first-order valence-corrected chi connectivity index (χ1v) is 14.6. The third-order valence-corrected chi connectivity index (χ3v) is 6.90. The second kappa shape index (κ2) is 26.0. The highest BCUT2D eigenvalue weighted by Gasteiger charge is 2.09. The Morgan fingerprint density at radius 3 is 1.12 bits per heavy atom. The average molecular weight is 471 g/mol. The van der Waals surface area contributed by atoms with E-state index in [1.807, 2.05) is 0 Å². The molecule has 33 heavy (non-hydrogen) atoms. The second-order valence-electron chi connectivity index (χ2n) is 10.3. The van der Waals surface area contributed by atoms with Crippen LogP contribution in [0.4, 0.5) is 0 Å². The highest BCUT2D eigenvalue weighted by molar-refractivity contribution is 5.66. The first-order valence-electron chi connectivity index (χ1n) is 14.6. The molecule has 0 aliphatic heterocycles. The summed E-state index contributed by atoms with van der Waals surface area (Å²) in [5.74, 6) is -0.664. The summed E-state index contributed by atoms with van der Waals surface area (Å²) in [5, 5.41) is 28.6. The molecule has 0 saturated carbocycles. The molecule has 0 aromatic rings. The Labute approximate surface area is 206 Å². The van der Waals surface area contributed by atoms with Crippen LogP contribution in [0, 0.1) is 0 Å². The van der Waals surface area contributed by atoms with Crippen molar-refractivity contribution in [2.24, 2.45) is 0 Å². The van der Waals surface area contributed by atoms with Crippen LogP contribution < -0.4 is 0 Å². The van der Waals surface area contributed by atoms with Gasteiger partial charge >= 0.3 is 5.97 Å². The number of aliphatic hydroxyl groups is 2. The predicted molar refractivity (Wildman–Crippen MR) is 141 cm³/mol. The van der Waals surface area contributed by atoms with Crippen molar-refractivity contribution < 1.29 is 20.1 Å². The number of carboxylic acids is 1. The van der Waals surface area contributed by atoms with Crippen LogP contribution in [0.1, 0.15) is 167 Å². The third-order valence-electron chi connectivity index (χ3n) is 6.90. The number of hydrogen-bond acceptors (Lipinski definition) is 3. The van der Waals surface area contributed by atoms with Gasteiger partial charge in [0.1, 0.15) is 0 Å². The Kier molecular flexibility index (Phi) is 25.5. The summed E-state index contributed by atoms with van der Waals surface area (Å²) in [4.78, 5) is 10.4. The van der Waals surface area contributed by atoms with E-state index in [9.17, 15) is 15.0 Å². The van der Waals surface area contributed by atoms with Gasteiger partial charge in [-0.05, 0) is 32.1 Å². The van der Waals surface area contributed by atoms with Crippen molar-refractivity contribution in [1.29, 1.82) is 0 Å². The van der Waals surface area contributed by atoms with Gasteiger partial charge in [-0.3, -0.25) is 4.79 Å². The van der Waals surface area contributed by atoms with Crippen molar-refractivity contribution in [2.75, 3.05) is 0 Å². The Bertz CT molecular complexity index is 399. The lowest BCUT2D eigenvalue weighted by Gasteiger charge is -2.14. The number of carboxylic acid groups (broad SMARTS) is 1. The molecule has 0 amide bonds. The highest BCUT2D eigenvalue weighted by Crippen LogP contribution is 2.16. The first-order chi connectivity index (χ1) is 16.1. The number of rotatable bonds is 27. The van der Waals surface area contributed by atoms with Gasteiger partial charge in [-0.25, -0.2) is 0 Å². The first kappa shape index (κ1) is 32.4. The van der Waals surface area contributed by atoms with Crippen LogP contribution in [0.15, 0.2) is 0 Å². The summed E-state index contributed by atoms with van der Waals surface area (Å²) in [6, 6.07) is 0. The summed E-state index contributed by atoms with van der Waals surface area (Å²) >= 11 is 0. The number of unbranched alkanes of at least 4 members (excludes halogenated alkanes) is 18. The van der Waals surface area contributed by atoms with Crippen LogP contribution in [-0.2, 0) is 4.79 Å². The summed E-state index contributed by atoms with van der Waals surface area (Å²) in [5.41, 5.74) is 0. The lowest BCUT2D eigenvalue weighted by atomic mass is 10.0. The minimum Gasteiger partial charge on any atom is -0.481 e. The average Bonchev–Trinajstić information content (AvgIpc) is 2.79. The van der Waals surface area contributed by atoms with Crippen LogP contribution in [0.25, 0.3) is 0 Å². The molecule has 2 unspecified atom stereocenters. The second-order valence-corrected chi connectivity index (χ2v) is 10.3. The fraction of sp³-hybridized carbons (Fsp3) is 0.966. The number of carbonyl (C=O) groups is 1. The maximum Gasteiger partial charge on any atom is 0.303 e. The van der Waals surface area contributed by atoms with E-state index in [1.165, 1.54) is 103 Å². The molecule has 0 aromatic carbocycles. The molecule has 0 aliphatic rings. The molecular weight excluding hydrogens is 412 g/mol. The van der Waals surface area contributed by atoms with Gasteiger partial charge in [-0.1, -0.05) is 129 Å². The molecule has 0 aliphatic carbocycles. The maximum atomic E-state index is 10.4. The number of aliphatic carboxylic acids is 1. The van der Waals surface area contributed by atoms with Crippen molar-refractivity contribution in [3.05, 3.63) is 0 Å². The molecule has 4 heteroatoms. The summed E-state index contributed by atoms with van der Waals surface area (Å²) in [7, 11) is 0. The van der Waals surface area contributed by atoms with Gasteiger partial charge in [0, 0.05) is 6.42 Å². The van der Waals surface area contributed by atoms with E-state index in [1.54, 1.807) is 0 Å². The van der Waals surface area contributed by atoms with Crippen molar-refractivity contribution in [3.8, 4) is 0 Å². The topological polar surface area (TPSA) is 77.8 Å². The molecule has 3 N–H and O–H groups in total. The zero-order valence-electron chi connectivity index (χ0n) is 22.1. The molecule has 0 saturated heterocycles. The summed E-state index contributed by atoms with van der Waals surface area (Å²) < 4.78 is 0. The van der Waals surface area contributed by atoms with Crippen molar-refractivity contribution in [1.82, 2.24) is 0 Å². The van der Waals surface area contributed by atoms with Crippen LogP contribution in [0.3, 0.4) is 0 Å². The molecule has 0 spiro atoms. The fourth-order valence-electron chi connectivity index (χ4n) is 4.61. The van der Waals surface area contributed by atoms with Gasteiger partial charge in [0.05, 0.1) is 12.2 Å². The number of aliphatic hydroxyl groups excluding tert-OH is 2. The van der Waals surface area contributed by atoms with Crippen LogP contribution in [0.5, 0.6) is 0 Å². The van der Waals surface area contributed by atoms with E-state index in [0.717, 1.165) is 51.4 Å². The van der Waals surface area contributed by atoms with E-state index in [0.29, 0.717) is 6.42 Å². The minimum atomic E-state index is -0.664. The smallest absolute Gasteiger partial charge is 0.303 e. The van der Waals surface area contributed by atoms with Crippen molar-refractivity contribution in [3.63, 3.8) is 0 Å². The SMILES string of the molecule is CCCCCC(O)CCC(O)CCCCCCCCCCCCCCCCCCCC(=O)O. The zero-order valence-corrected chi connectivity index (χ0v) is 22.1. The molecule has 0 rings (SSSR count). The third kappa shape index (κ3) is 27.5. The van der Waals surface area contributed by atoms with E-state index in [2.05, 4.69) is 6.92 Å². The quantitative estimate of drug-likeness (QED) is 0.105. The molecule has 4 nitrogen and oxygen atoms in total. The molecule has 0 heterocycles. The molecule has 2 atom stereocenters.